The van der Waals surface area contributed by atoms with Crippen LogP contribution in [-0.4, -0.2) is 29.6 Å². The third-order valence-electron chi connectivity index (χ3n) is 4.09. The summed E-state index contributed by atoms with van der Waals surface area (Å²) < 4.78 is 10.5. The van der Waals surface area contributed by atoms with Crippen molar-refractivity contribution in [1.82, 2.24) is 10.1 Å². The minimum atomic E-state index is -0.0986. The molecule has 116 valence electrons. The van der Waals surface area contributed by atoms with Crippen molar-refractivity contribution in [3.8, 4) is 5.75 Å². The molecular formula is C17H20N2O3. The van der Waals surface area contributed by atoms with Crippen molar-refractivity contribution < 1.29 is 14.1 Å². The second kappa shape index (κ2) is 5.83. The lowest BCUT2D eigenvalue weighted by atomic mass is 9.94. The highest BCUT2D eigenvalue weighted by Gasteiger charge is 2.35. The number of hydrogen-bond donors (Lipinski definition) is 0. The Balaban J connectivity index is 1.78. The van der Waals surface area contributed by atoms with Crippen molar-refractivity contribution in [2.75, 3.05) is 13.7 Å². The molecule has 1 atom stereocenters. The van der Waals surface area contributed by atoms with E-state index in [4.69, 9.17) is 9.26 Å². The first-order chi connectivity index (χ1) is 10.6. The summed E-state index contributed by atoms with van der Waals surface area (Å²) in [6.45, 7) is 4.78. The molecule has 0 saturated carbocycles. The van der Waals surface area contributed by atoms with E-state index in [0.717, 1.165) is 30.0 Å². The van der Waals surface area contributed by atoms with Crippen LogP contribution in [0, 0.1) is 0 Å². The Morgan fingerprint density at radius 1 is 1.41 bits per heavy atom. The Morgan fingerprint density at radius 3 is 2.82 bits per heavy atom. The molecule has 2 heterocycles. The predicted octanol–water partition coefficient (Wildman–Crippen LogP) is 3.39. The summed E-state index contributed by atoms with van der Waals surface area (Å²) in [6, 6.07) is 9.67. The van der Waals surface area contributed by atoms with Gasteiger partial charge < -0.3 is 14.2 Å². The van der Waals surface area contributed by atoms with Crippen LogP contribution in [-0.2, 0) is 0 Å². The topological polar surface area (TPSA) is 55.6 Å². The third kappa shape index (κ3) is 2.58. The van der Waals surface area contributed by atoms with E-state index in [0.29, 0.717) is 5.76 Å². The van der Waals surface area contributed by atoms with Gasteiger partial charge >= 0.3 is 0 Å². The predicted molar refractivity (Wildman–Crippen MR) is 82.0 cm³/mol. The zero-order valence-corrected chi connectivity index (χ0v) is 13.1. The SMILES string of the molecule is COc1cccc(C2CCN2C(=O)c2cc(C(C)C)no2)c1. The Labute approximate surface area is 129 Å². The van der Waals surface area contributed by atoms with Crippen molar-refractivity contribution in [1.29, 1.82) is 0 Å². The molecule has 1 unspecified atom stereocenters. The van der Waals surface area contributed by atoms with Crippen LogP contribution in [0.3, 0.4) is 0 Å². The fourth-order valence-electron chi connectivity index (χ4n) is 2.63. The van der Waals surface area contributed by atoms with E-state index in [1.165, 1.54) is 0 Å². The molecule has 1 aliphatic rings. The van der Waals surface area contributed by atoms with Gasteiger partial charge in [-0.05, 0) is 30.0 Å². The van der Waals surface area contributed by atoms with Crippen LogP contribution in [0.25, 0.3) is 0 Å². The lowest BCUT2D eigenvalue weighted by Crippen LogP contribution is -2.45. The fraction of sp³-hybridized carbons (Fsp3) is 0.412. The van der Waals surface area contributed by atoms with Gasteiger partial charge in [0.25, 0.3) is 5.91 Å². The van der Waals surface area contributed by atoms with Gasteiger partial charge in [0, 0.05) is 12.6 Å². The zero-order valence-electron chi connectivity index (χ0n) is 13.1. The van der Waals surface area contributed by atoms with Gasteiger partial charge in [-0.3, -0.25) is 4.79 Å². The van der Waals surface area contributed by atoms with Crippen LogP contribution >= 0.6 is 0 Å². The van der Waals surface area contributed by atoms with Crippen LogP contribution < -0.4 is 4.74 Å². The summed E-state index contributed by atoms with van der Waals surface area (Å²) in [5, 5.41) is 3.96. The Morgan fingerprint density at radius 2 is 2.23 bits per heavy atom. The average Bonchev–Trinajstić information content (AvgIpc) is 2.96. The molecule has 5 nitrogen and oxygen atoms in total. The number of likely N-dealkylation sites (tertiary alicyclic amines) is 1. The van der Waals surface area contributed by atoms with E-state index in [-0.39, 0.29) is 17.9 Å². The molecule has 0 N–H and O–H groups in total. The molecule has 1 amide bonds. The maximum Gasteiger partial charge on any atom is 0.292 e. The molecule has 1 aromatic heterocycles. The number of ether oxygens (including phenoxy) is 1. The van der Waals surface area contributed by atoms with Crippen LogP contribution in [0.4, 0.5) is 0 Å². The summed E-state index contributed by atoms with van der Waals surface area (Å²) in [5.41, 5.74) is 1.89. The van der Waals surface area contributed by atoms with Crippen molar-refractivity contribution in [2.45, 2.75) is 32.2 Å². The molecule has 1 saturated heterocycles. The highest BCUT2D eigenvalue weighted by molar-refractivity contribution is 5.92. The third-order valence-corrected chi connectivity index (χ3v) is 4.09. The van der Waals surface area contributed by atoms with Crippen LogP contribution in [0.2, 0.25) is 0 Å². The van der Waals surface area contributed by atoms with E-state index in [9.17, 15) is 4.79 Å². The molecule has 0 bridgehead atoms. The molecule has 2 aromatic rings. The Kier molecular flexibility index (Phi) is 3.88. The lowest BCUT2D eigenvalue weighted by Gasteiger charge is -2.40. The molecule has 5 heteroatoms. The van der Waals surface area contributed by atoms with Gasteiger partial charge in [-0.2, -0.15) is 0 Å². The smallest absolute Gasteiger partial charge is 0.292 e. The highest BCUT2D eigenvalue weighted by atomic mass is 16.5. The molecule has 1 fully saturated rings. The van der Waals surface area contributed by atoms with E-state index in [1.54, 1.807) is 13.2 Å². The summed E-state index contributed by atoms with van der Waals surface area (Å²) >= 11 is 0. The van der Waals surface area contributed by atoms with Gasteiger partial charge in [0.05, 0.1) is 18.8 Å². The molecule has 1 aliphatic heterocycles. The normalized spacial score (nSPS) is 17.5. The standard InChI is InChI=1S/C17H20N2O3/c1-11(2)14-10-16(22-18-14)17(20)19-8-7-15(19)12-5-4-6-13(9-12)21-3/h4-6,9-11,15H,7-8H2,1-3H3. The van der Waals surface area contributed by atoms with E-state index in [2.05, 4.69) is 5.16 Å². The monoisotopic (exact) mass is 300 g/mol. The van der Waals surface area contributed by atoms with Gasteiger partial charge in [0.2, 0.25) is 5.76 Å². The quantitative estimate of drug-likeness (QED) is 0.868. The second-order valence-electron chi connectivity index (χ2n) is 5.85. The number of carbonyl (C=O) groups excluding carboxylic acids is 1. The van der Waals surface area contributed by atoms with E-state index >= 15 is 0 Å². The van der Waals surface area contributed by atoms with Gasteiger partial charge in [0.1, 0.15) is 5.75 Å². The van der Waals surface area contributed by atoms with Crippen LogP contribution in [0.5, 0.6) is 5.75 Å². The molecule has 0 aliphatic carbocycles. The number of methoxy groups -OCH3 is 1. The molecule has 0 spiro atoms. The van der Waals surface area contributed by atoms with Crippen molar-refractivity contribution in [3.63, 3.8) is 0 Å². The molecule has 0 radical (unpaired) electrons. The Hall–Kier alpha value is -2.30. The summed E-state index contributed by atoms with van der Waals surface area (Å²) in [5.74, 6) is 1.27. The van der Waals surface area contributed by atoms with Gasteiger partial charge in [-0.1, -0.05) is 31.1 Å². The lowest BCUT2D eigenvalue weighted by molar-refractivity contribution is 0.0418. The van der Waals surface area contributed by atoms with Crippen molar-refractivity contribution in [3.05, 3.63) is 47.3 Å². The second-order valence-corrected chi connectivity index (χ2v) is 5.85. The molecule has 1 aromatic carbocycles. The maximum absolute atomic E-state index is 12.6. The van der Waals surface area contributed by atoms with Crippen LogP contribution in [0.15, 0.2) is 34.9 Å². The highest BCUT2D eigenvalue weighted by Crippen LogP contribution is 2.36. The van der Waals surface area contributed by atoms with Crippen LogP contribution in [0.1, 0.15) is 54.0 Å². The number of rotatable bonds is 4. The molecule has 22 heavy (non-hydrogen) atoms. The number of hydrogen-bond acceptors (Lipinski definition) is 4. The van der Waals surface area contributed by atoms with Crippen molar-refractivity contribution >= 4 is 5.91 Å². The first-order valence-electron chi connectivity index (χ1n) is 7.51. The average molecular weight is 300 g/mol. The summed E-state index contributed by atoms with van der Waals surface area (Å²) in [4.78, 5) is 14.4. The largest absolute Gasteiger partial charge is 0.497 e. The summed E-state index contributed by atoms with van der Waals surface area (Å²) in [6.07, 6.45) is 0.948. The number of benzene rings is 1. The van der Waals surface area contributed by atoms with Gasteiger partial charge in [-0.25, -0.2) is 0 Å². The number of amides is 1. The summed E-state index contributed by atoms with van der Waals surface area (Å²) in [7, 11) is 1.64. The van der Waals surface area contributed by atoms with E-state index in [1.807, 2.05) is 43.0 Å². The number of nitrogens with zero attached hydrogens (tertiary/aromatic N) is 2. The van der Waals surface area contributed by atoms with Gasteiger partial charge in [0.15, 0.2) is 0 Å². The minimum Gasteiger partial charge on any atom is -0.497 e. The first-order valence-corrected chi connectivity index (χ1v) is 7.51. The molecule has 3 rings (SSSR count). The molecular weight excluding hydrogens is 280 g/mol. The maximum atomic E-state index is 12.6. The first kappa shape index (κ1) is 14.6. The van der Waals surface area contributed by atoms with Gasteiger partial charge in [-0.15, -0.1) is 0 Å². The Bertz CT molecular complexity index is 678. The number of aromatic nitrogens is 1. The fourth-order valence-corrected chi connectivity index (χ4v) is 2.63. The van der Waals surface area contributed by atoms with Crippen molar-refractivity contribution in [2.24, 2.45) is 0 Å². The van der Waals surface area contributed by atoms with E-state index < -0.39 is 0 Å². The number of carbonyl (C=O) groups is 1. The zero-order chi connectivity index (χ0) is 15.7. The minimum absolute atomic E-state index is 0.0789.